The second kappa shape index (κ2) is 6.03. The average Bonchev–Trinajstić information content (AvgIpc) is 2.34. The van der Waals surface area contributed by atoms with Crippen LogP contribution in [0.25, 0.3) is 0 Å². The highest BCUT2D eigenvalue weighted by Gasteiger charge is 2.03. The number of rotatable bonds is 4. The van der Waals surface area contributed by atoms with Crippen molar-refractivity contribution in [1.29, 1.82) is 0 Å². The minimum Gasteiger partial charge on any atom is -0.309 e. The molecule has 0 spiro atoms. The van der Waals surface area contributed by atoms with E-state index >= 15 is 0 Å². The van der Waals surface area contributed by atoms with Crippen molar-refractivity contribution in [2.24, 2.45) is 0 Å². The fourth-order valence-corrected chi connectivity index (χ4v) is 2.53. The van der Waals surface area contributed by atoms with Gasteiger partial charge in [0, 0.05) is 13.1 Å². The van der Waals surface area contributed by atoms with E-state index in [4.69, 9.17) is 0 Å². The molecule has 0 aliphatic rings. The molecular formula is C18H23N. The molecule has 0 unspecified atom stereocenters. The summed E-state index contributed by atoms with van der Waals surface area (Å²) < 4.78 is 0. The summed E-state index contributed by atoms with van der Waals surface area (Å²) in [6.45, 7) is 10.5. The first-order valence-corrected chi connectivity index (χ1v) is 6.89. The first-order chi connectivity index (χ1) is 9.06. The largest absolute Gasteiger partial charge is 0.309 e. The summed E-state index contributed by atoms with van der Waals surface area (Å²) >= 11 is 0. The van der Waals surface area contributed by atoms with E-state index in [1.165, 1.54) is 33.4 Å². The molecule has 0 saturated heterocycles. The molecule has 0 saturated carbocycles. The maximum atomic E-state index is 3.54. The van der Waals surface area contributed by atoms with E-state index in [0.717, 1.165) is 13.1 Å². The van der Waals surface area contributed by atoms with E-state index in [0.29, 0.717) is 0 Å². The van der Waals surface area contributed by atoms with Gasteiger partial charge in [0.25, 0.3) is 0 Å². The van der Waals surface area contributed by atoms with Crippen LogP contribution in [0.4, 0.5) is 0 Å². The zero-order valence-corrected chi connectivity index (χ0v) is 12.4. The van der Waals surface area contributed by atoms with Crippen molar-refractivity contribution in [2.75, 3.05) is 0 Å². The van der Waals surface area contributed by atoms with Gasteiger partial charge >= 0.3 is 0 Å². The smallest absolute Gasteiger partial charge is 0.0213 e. The lowest BCUT2D eigenvalue weighted by atomic mass is 10.00. The highest BCUT2D eigenvalue weighted by molar-refractivity contribution is 5.37. The average molecular weight is 253 g/mol. The van der Waals surface area contributed by atoms with Crippen molar-refractivity contribution in [3.05, 3.63) is 69.8 Å². The van der Waals surface area contributed by atoms with E-state index < -0.39 is 0 Å². The van der Waals surface area contributed by atoms with Crippen LogP contribution in [0.15, 0.2) is 36.4 Å². The Labute approximate surface area is 116 Å². The van der Waals surface area contributed by atoms with Crippen LogP contribution in [0.1, 0.15) is 33.4 Å². The Hall–Kier alpha value is -1.60. The lowest BCUT2D eigenvalue weighted by molar-refractivity contribution is 0.687. The van der Waals surface area contributed by atoms with Gasteiger partial charge in [-0.15, -0.1) is 0 Å². The van der Waals surface area contributed by atoms with Gasteiger partial charge in [0.2, 0.25) is 0 Å². The van der Waals surface area contributed by atoms with Crippen molar-refractivity contribution < 1.29 is 0 Å². The second-order valence-corrected chi connectivity index (χ2v) is 5.47. The van der Waals surface area contributed by atoms with Crippen LogP contribution in [0, 0.1) is 27.7 Å². The zero-order valence-electron chi connectivity index (χ0n) is 12.4. The summed E-state index contributed by atoms with van der Waals surface area (Å²) in [4.78, 5) is 0. The molecule has 0 fully saturated rings. The molecule has 2 rings (SSSR count). The maximum Gasteiger partial charge on any atom is 0.0213 e. The Kier molecular flexibility index (Phi) is 4.39. The molecule has 2 aromatic rings. The molecule has 1 nitrogen and oxygen atoms in total. The number of hydrogen-bond acceptors (Lipinski definition) is 1. The van der Waals surface area contributed by atoms with Crippen molar-refractivity contribution in [2.45, 2.75) is 40.8 Å². The molecule has 100 valence electrons. The van der Waals surface area contributed by atoms with Gasteiger partial charge in [-0.05, 0) is 49.9 Å². The summed E-state index contributed by atoms with van der Waals surface area (Å²) in [5, 5.41) is 3.54. The lowest BCUT2D eigenvalue weighted by Gasteiger charge is -2.12. The fraction of sp³-hybridized carbons (Fsp3) is 0.333. The van der Waals surface area contributed by atoms with Crippen LogP contribution in [0.2, 0.25) is 0 Å². The predicted molar refractivity (Wildman–Crippen MR) is 82.4 cm³/mol. The summed E-state index contributed by atoms with van der Waals surface area (Å²) in [5.41, 5.74) is 8.19. The normalized spacial score (nSPS) is 10.7. The highest BCUT2D eigenvalue weighted by atomic mass is 14.8. The fourth-order valence-electron chi connectivity index (χ4n) is 2.53. The Balaban J connectivity index is 1.98. The maximum absolute atomic E-state index is 3.54. The predicted octanol–water partition coefficient (Wildman–Crippen LogP) is 4.21. The summed E-state index contributed by atoms with van der Waals surface area (Å²) in [6.07, 6.45) is 0. The summed E-state index contributed by atoms with van der Waals surface area (Å²) in [6, 6.07) is 13.2. The molecule has 0 aliphatic heterocycles. The third kappa shape index (κ3) is 3.68. The van der Waals surface area contributed by atoms with E-state index in [2.05, 4.69) is 69.4 Å². The van der Waals surface area contributed by atoms with Crippen LogP contribution < -0.4 is 5.32 Å². The van der Waals surface area contributed by atoms with E-state index in [9.17, 15) is 0 Å². The van der Waals surface area contributed by atoms with Gasteiger partial charge in [-0.25, -0.2) is 0 Å². The third-order valence-electron chi connectivity index (χ3n) is 3.59. The zero-order chi connectivity index (χ0) is 13.8. The minimum absolute atomic E-state index is 0.924. The van der Waals surface area contributed by atoms with Gasteiger partial charge in [-0.2, -0.15) is 0 Å². The Morgan fingerprint density at radius 1 is 0.737 bits per heavy atom. The number of nitrogens with one attached hydrogen (secondary N) is 1. The van der Waals surface area contributed by atoms with E-state index in [1.807, 2.05) is 0 Å². The molecule has 0 radical (unpaired) electrons. The molecule has 1 N–H and O–H groups in total. The van der Waals surface area contributed by atoms with Crippen molar-refractivity contribution in [3.8, 4) is 0 Å². The number of hydrogen-bond donors (Lipinski definition) is 1. The van der Waals surface area contributed by atoms with Gasteiger partial charge < -0.3 is 5.32 Å². The molecule has 2 aromatic carbocycles. The Morgan fingerprint density at radius 3 is 1.89 bits per heavy atom. The summed E-state index contributed by atoms with van der Waals surface area (Å²) in [7, 11) is 0. The quantitative estimate of drug-likeness (QED) is 0.860. The van der Waals surface area contributed by atoms with Gasteiger partial charge in [-0.3, -0.25) is 0 Å². The molecule has 1 heteroatoms. The Morgan fingerprint density at radius 2 is 1.32 bits per heavy atom. The number of benzene rings is 2. The van der Waals surface area contributed by atoms with Crippen LogP contribution in [-0.4, -0.2) is 0 Å². The molecule has 0 aliphatic carbocycles. The second-order valence-electron chi connectivity index (χ2n) is 5.47. The lowest BCUT2D eigenvalue weighted by Crippen LogP contribution is -2.14. The van der Waals surface area contributed by atoms with Crippen LogP contribution in [-0.2, 0) is 13.1 Å². The summed E-state index contributed by atoms with van der Waals surface area (Å²) in [5.74, 6) is 0. The van der Waals surface area contributed by atoms with E-state index in [1.54, 1.807) is 0 Å². The van der Waals surface area contributed by atoms with Gasteiger partial charge in [-0.1, -0.05) is 47.5 Å². The minimum atomic E-state index is 0.924. The topological polar surface area (TPSA) is 12.0 Å². The van der Waals surface area contributed by atoms with Gasteiger partial charge in [0.15, 0.2) is 0 Å². The van der Waals surface area contributed by atoms with Crippen LogP contribution in [0.5, 0.6) is 0 Å². The van der Waals surface area contributed by atoms with Gasteiger partial charge in [0.05, 0.1) is 0 Å². The molecule has 0 amide bonds. The van der Waals surface area contributed by atoms with Crippen molar-refractivity contribution in [1.82, 2.24) is 5.32 Å². The molecule has 0 bridgehead atoms. The molecule has 0 atom stereocenters. The molecule has 0 heterocycles. The Bertz CT molecular complexity index is 529. The first kappa shape index (κ1) is 13.8. The third-order valence-corrected chi connectivity index (χ3v) is 3.59. The number of aryl methyl sites for hydroxylation is 4. The molecule has 19 heavy (non-hydrogen) atoms. The van der Waals surface area contributed by atoms with Crippen molar-refractivity contribution in [3.63, 3.8) is 0 Å². The van der Waals surface area contributed by atoms with Crippen LogP contribution >= 0.6 is 0 Å². The molecule has 0 aromatic heterocycles. The molecular weight excluding hydrogens is 230 g/mol. The highest BCUT2D eigenvalue weighted by Crippen LogP contribution is 2.16. The standard InChI is InChI=1S/C18H23N/c1-13-5-7-17(8-6-13)11-19-12-18-15(3)9-14(2)10-16(18)4/h5-10,19H,11-12H2,1-4H3. The van der Waals surface area contributed by atoms with Gasteiger partial charge in [0.1, 0.15) is 0 Å². The van der Waals surface area contributed by atoms with Crippen LogP contribution in [0.3, 0.4) is 0 Å². The van der Waals surface area contributed by atoms with Crippen molar-refractivity contribution >= 4 is 0 Å². The van der Waals surface area contributed by atoms with E-state index in [-0.39, 0.29) is 0 Å². The monoisotopic (exact) mass is 253 g/mol. The first-order valence-electron chi connectivity index (χ1n) is 6.89. The SMILES string of the molecule is Cc1ccc(CNCc2c(C)cc(C)cc2C)cc1.